The Morgan fingerprint density at radius 1 is 0.778 bits per heavy atom. The summed E-state index contributed by atoms with van der Waals surface area (Å²) in [4.78, 5) is 12.2. The number of aryl methyl sites for hydroxylation is 2. The van der Waals surface area contributed by atoms with Gasteiger partial charge in [0.15, 0.2) is 5.16 Å². The number of thiophene rings is 1. The maximum atomic E-state index is 4.93. The first kappa shape index (κ1) is 18.5. The second kappa shape index (κ2) is 8.46. The molecule has 0 amide bonds. The van der Waals surface area contributed by atoms with Gasteiger partial charge in [-0.05, 0) is 30.5 Å². The molecule has 0 aliphatic carbocycles. The van der Waals surface area contributed by atoms with Gasteiger partial charge in [-0.1, -0.05) is 72.4 Å². The Bertz CT molecular complexity index is 1040. The summed E-state index contributed by atoms with van der Waals surface area (Å²) in [5.41, 5.74) is 3.92. The molecular weight excluding hydrogens is 388 g/mol. The second-order valence-electron chi connectivity index (χ2n) is 6.32. The average Bonchev–Trinajstić information content (AvgIpc) is 3.00. The van der Waals surface area contributed by atoms with Gasteiger partial charge in [0.25, 0.3) is 0 Å². The van der Waals surface area contributed by atoms with Crippen molar-refractivity contribution in [2.24, 2.45) is 0 Å². The summed E-state index contributed by atoms with van der Waals surface area (Å²) in [7, 11) is 0. The fraction of sp³-hybridized carbons (Fsp3) is 0.182. The standard InChI is InChI=1S/C22H20N2S3/c1-15-16(2)27-21-19(15)20(25-13-17-9-5-3-6-10-17)23-22(24-21)26-14-18-11-7-4-8-12-18/h3-12H,13-14H2,1-2H3. The van der Waals surface area contributed by atoms with Gasteiger partial charge in [0, 0.05) is 21.8 Å². The maximum absolute atomic E-state index is 4.93. The zero-order valence-electron chi connectivity index (χ0n) is 15.3. The third-order valence-electron chi connectivity index (χ3n) is 4.40. The molecule has 0 atom stereocenters. The minimum Gasteiger partial charge on any atom is -0.215 e. The third-order valence-corrected chi connectivity index (χ3v) is 7.47. The van der Waals surface area contributed by atoms with Crippen LogP contribution in [0.3, 0.4) is 0 Å². The van der Waals surface area contributed by atoms with Gasteiger partial charge in [0.1, 0.15) is 9.86 Å². The van der Waals surface area contributed by atoms with Crippen LogP contribution in [0.15, 0.2) is 70.8 Å². The van der Waals surface area contributed by atoms with Crippen LogP contribution in [0.5, 0.6) is 0 Å². The molecule has 0 radical (unpaired) electrons. The number of benzene rings is 2. The number of rotatable bonds is 6. The highest BCUT2D eigenvalue weighted by Crippen LogP contribution is 2.37. The molecule has 27 heavy (non-hydrogen) atoms. The van der Waals surface area contributed by atoms with E-state index in [9.17, 15) is 0 Å². The van der Waals surface area contributed by atoms with E-state index in [1.54, 1.807) is 23.1 Å². The van der Waals surface area contributed by atoms with Crippen LogP contribution in [-0.4, -0.2) is 9.97 Å². The first-order valence-electron chi connectivity index (χ1n) is 8.82. The van der Waals surface area contributed by atoms with Crippen LogP contribution in [0.25, 0.3) is 10.2 Å². The molecule has 2 heterocycles. The summed E-state index contributed by atoms with van der Waals surface area (Å²) in [6.07, 6.45) is 0. The van der Waals surface area contributed by atoms with E-state index < -0.39 is 0 Å². The Balaban J connectivity index is 1.63. The second-order valence-corrected chi connectivity index (χ2v) is 9.43. The van der Waals surface area contributed by atoms with Gasteiger partial charge < -0.3 is 0 Å². The van der Waals surface area contributed by atoms with Crippen molar-refractivity contribution >= 4 is 45.1 Å². The number of nitrogens with zero attached hydrogens (tertiary/aromatic N) is 2. The molecule has 0 aliphatic heterocycles. The van der Waals surface area contributed by atoms with Crippen molar-refractivity contribution in [2.75, 3.05) is 0 Å². The number of thioether (sulfide) groups is 2. The van der Waals surface area contributed by atoms with E-state index in [2.05, 4.69) is 68.4 Å². The summed E-state index contributed by atoms with van der Waals surface area (Å²) in [5, 5.41) is 3.19. The lowest BCUT2D eigenvalue weighted by Gasteiger charge is -2.07. The molecule has 4 rings (SSSR count). The van der Waals surface area contributed by atoms with E-state index in [4.69, 9.17) is 9.97 Å². The maximum Gasteiger partial charge on any atom is 0.190 e. The van der Waals surface area contributed by atoms with E-state index in [1.807, 2.05) is 17.8 Å². The molecule has 4 aromatic rings. The number of fused-ring (bicyclic) bond motifs is 1. The Labute approximate surface area is 172 Å². The van der Waals surface area contributed by atoms with Gasteiger partial charge >= 0.3 is 0 Å². The summed E-state index contributed by atoms with van der Waals surface area (Å²) in [5.74, 6) is 1.81. The van der Waals surface area contributed by atoms with Gasteiger partial charge in [0.2, 0.25) is 0 Å². The summed E-state index contributed by atoms with van der Waals surface area (Å²) in [6, 6.07) is 21.1. The van der Waals surface area contributed by atoms with Crippen LogP contribution in [0.2, 0.25) is 0 Å². The predicted octanol–water partition coefficient (Wildman–Crippen LogP) is 6.89. The van der Waals surface area contributed by atoms with Gasteiger partial charge in [-0.3, -0.25) is 0 Å². The summed E-state index contributed by atoms with van der Waals surface area (Å²) < 4.78 is 0. The summed E-state index contributed by atoms with van der Waals surface area (Å²) in [6.45, 7) is 4.35. The molecule has 0 unspecified atom stereocenters. The lowest BCUT2D eigenvalue weighted by atomic mass is 10.2. The molecule has 136 valence electrons. The van der Waals surface area contributed by atoms with Crippen LogP contribution in [0, 0.1) is 13.8 Å². The summed E-state index contributed by atoms with van der Waals surface area (Å²) >= 11 is 5.29. The Morgan fingerprint density at radius 3 is 2.00 bits per heavy atom. The van der Waals surface area contributed by atoms with E-state index in [-0.39, 0.29) is 0 Å². The molecule has 0 spiro atoms. The highest BCUT2D eigenvalue weighted by molar-refractivity contribution is 7.99. The molecule has 0 fully saturated rings. The number of aromatic nitrogens is 2. The molecule has 0 bridgehead atoms. The van der Waals surface area contributed by atoms with Crippen molar-refractivity contribution in [2.45, 2.75) is 35.5 Å². The Hall–Kier alpha value is -1.82. The Morgan fingerprint density at radius 2 is 1.37 bits per heavy atom. The van der Waals surface area contributed by atoms with Crippen molar-refractivity contribution in [1.82, 2.24) is 9.97 Å². The average molecular weight is 409 g/mol. The minimum atomic E-state index is 0.864. The highest BCUT2D eigenvalue weighted by atomic mass is 32.2. The van der Waals surface area contributed by atoms with Gasteiger partial charge in [-0.2, -0.15) is 0 Å². The minimum absolute atomic E-state index is 0.864. The van der Waals surface area contributed by atoms with Gasteiger partial charge in [-0.15, -0.1) is 23.1 Å². The topological polar surface area (TPSA) is 25.8 Å². The van der Waals surface area contributed by atoms with Crippen LogP contribution >= 0.6 is 34.9 Å². The first-order chi connectivity index (χ1) is 13.2. The van der Waals surface area contributed by atoms with Crippen molar-refractivity contribution in [3.05, 3.63) is 82.2 Å². The largest absolute Gasteiger partial charge is 0.215 e. The van der Waals surface area contributed by atoms with Crippen molar-refractivity contribution in [1.29, 1.82) is 0 Å². The smallest absolute Gasteiger partial charge is 0.190 e. The van der Waals surface area contributed by atoms with Crippen molar-refractivity contribution in [3.63, 3.8) is 0 Å². The first-order valence-corrected chi connectivity index (χ1v) is 11.6. The third kappa shape index (κ3) is 4.37. The predicted molar refractivity (Wildman–Crippen MR) is 119 cm³/mol. The van der Waals surface area contributed by atoms with Crippen molar-refractivity contribution < 1.29 is 0 Å². The van der Waals surface area contributed by atoms with Crippen LogP contribution < -0.4 is 0 Å². The quantitative estimate of drug-likeness (QED) is 0.197. The molecule has 2 aromatic carbocycles. The molecule has 0 aliphatic rings. The van der Waals surface area contributed by atoms with Crippen molar-refractivity contribution in [3.8, 4) is 0 Å². The van der Waals surface area contributed by atoms with E-state index >= 15 is 0 Å². The van der Waals surface area contributed by atoms with Crippen LogP contribution in [0.1, 0.15) is 21.6 Å². The molecular formula is C22H20N2S3. The number of hydrogen-bond donors (Lipinski definition) is 0. The number of hydrogen-bond acceptors (Lipinski definition) is 5. The molecule has 5 heteroatoms. The van der Waals surface area contributed by atoms with Gasteiger partial charge in [0.05, 0.1) is 0 Å². The fourth-order valence-corrected chi connectivity index (χ4v) is 5.86. The van der Waals surface area contributed by atoms with E-state index in [1.165, 1.54) is 27.0 Å². The lowest BCUT2D eigenvalue weighted by molar-refractivity contribution is 0.934. The monoisotopic (exact) mass is 408 g/mol. The molecule has 0 saturated carbocycles. The van der Waals surface area contributed by atoms with Crippen LogP contribution in [0.4, 0.5) is 0 Å². The fourth-order valence-electron chi connectivity index (χ4n) is 2.81. The molecule has 2 nitrogen and oxygen atoms in total. The SMILES string of the molecule is Cc1sc2nc(SCc3ccccc3)nc(SCc3ccccc3)c2c1C. The molecule has 0 saturated heterocycles. The lowest BCUT2D eigenvalue weighted by Crippen LogP contribution is -1.92. The molecule has 2 aromatic heterocycles. The normalized spacial score (nSPS) is 11.2. The molecule has 0 N–H and O–H groups in total. The van der Waals surface area contributed by atoms with E-state index in [0.29, 0.717) is 0 Å². The highest BCUT2D eigenvalue weighted by Gasteiger charge is 2.15. The zero-order chi connectivity index (χ0) is 18.6. The Kier molecular flexibility index (Phi) is 5.81. The zero-order valence-corrected chi connectivity index (χ0v) is 17.8. The van der Waals surface area contributed by atoms with E-state index in [0.717, 1.165) is 26.5 Å². The van der Waals surface area contributed by atoms with Crippen LogP contribution in [-0.2, 0) is 11.5 Å². The van der Waals surface area contributed by atoms with Gasteiger partial charge in [-0.25, -0.2) is 9.97 Å².